The van der Waals surface area contributed by atoms with E-state index in [1.165, 1.54) is 29.2 Å². The number of anilines is 1. The van der Waals surface area contributed by atoms with Crippen molar-refractivity contribution >= 4 is 23.7 Å². The number of urea groups is 1. The maximum absolute atomic E-state index is 12.8. The van der Waals surface area contributed by atoms with Gasteiger partial charge in [0, 0.05) is 5.70 Å². The average Bonchev–Trinajstić information content (AvgIpc) is 2.68. The molecule has 0 saturated heterocycles. The molecule has 1 atom stereocenters. The van der Waals surface area contributed by atoms with Crippen molar-refractivity contribution in [2.45, 2.75) is 19.9 Å². The highest BCUT2D eigenvalue weighted by molar-refractivity contribution is 6.03. The molecule has 2 amide bonds. The van der Waals surface area contributed by atoms with Crippen LogP contribution in [0.25, 0.3) is 0 Å². The number of nitrogens with one attached hydrogen (secondary N) is 1. The molecule has 3 rings (SSSR count). The molecule has 0 radical (unpaired) electrons. The number of nitrogens with zero attached hydrogens (tertiary/aromatic N) is 1. The van der Waals surface area contributed by atoms with Crippen molar-refractivity contribution in [3.63, 3.8) is 0 Å². The number of hydrogen-bond acceptors (Lipinski definition) is 4. The third-order valence-corrected chi connectivity index (χ3v) is 4.49. The maximum atomic E-state index is 12.8. The van der Waals surface area contributed by atoms with Crippen LogP contribution < -0.4 is 10.2 Å². The van der Waals surface area contributed by atoms with Gasteiger partial charge in [0.05, 0.1) is 29.5 Å². The molecule has 28 heavy (non-hydrogen) atoms. The fourth-order valence-electron chi connectivity index (χ4n) is 3.18. The van der Waals surface area contributed by atoms with E-state index in [4.69, 9.17) is 9.84 Å². The van der Waals surface area contributed by atoms with Crippen LogP contribution in [0.2, 0.25) is 0 Å². The number of benzene rings is 2. The Hall–Kier alpha value is -3.61. The lowest BCUT2D eigenvalue weighted by Gasteiger charge is -2.35. The summed E-state index contributed by atoms with van der Waals surface area (Å²) >= 11 is 0. The first-order valence-electron chi connectivity index (χ1n) is 8.80. The Labute approximate surface area is 162 Å². The normalized spacial score (nSPS) is 16.6. The van der Waals surface area contributed by atoms with Gasteiger partial charge in [0.15, 0.2) is 0 Å². The van der Waals surface area contributed by atoms with Gasteiger partial charge in [0.25, 0.3) is 0 Å². The van der Waals surface area contributed by atoms with Crippen molar-refractivity contribution in [2.24, 2.45) is 0 Å². The fourth-order valence-corrected chi connectivity index (χ4v) is 3.18. The summed E-state index contributed by atoms with van der Waals surface area (Å²) in [5, 5.41) is 11.9. The smallest absolute Gasteiger partial charge is 0.338 e. The number of carbonyl (C=O) groups is 3. The minimum absolute atomic E-state index is 0.107. The summed E-state index contributed by atoms with van der Waals surface area (Å²) in [6.45, 7) is 3.60. The first-order valence-corrected chi connectivity index (χ1v) is 8.80. The summed E-state index contributed by atoms with van der Waals surface area (Å²) in [6, 6.07) is 14.0. The van der Waals surface area contributed by atoms with E-state index in [9.17, 15) is 14.4 Å². The van der Waals surface area contributed by atoms with Gasteiger partial charge in [-0.25, -0.2) is 14.4 Å². The molecule has 2 aromatic carbocycles. The number of carboxylic acids is 1. The molecule has 0 bridgehead atoms. The van der Waals surface area contributed by atoms with E-state index in [0.717, 1.165) is 5.56 Å². The molecule has 0 aliphatic carbocycles. The molecule has 0 spiro atoms. The van der Waals surface area contributed by atoms with Crippen LogP contribution in [0.5, 0.6) is 0 Å². The van der Waals surface area contributed by atoms with Crippen molar-refractivity contribution < 1.29 is 24.2 Å². The lowest BCUT2D eigenvalue weighted by atomic mass is 9.94. The minimum atomic E-state index is -1.06. The second-order valence-corrected chi connectivity index (χ2v) is 6.20. The largest absolute Gasteiger partial charge is 0.478 e. The van der Waals surface area contributed by atoms with Crippen molar-refractivity contribution in [2.75, 3.05) is 11.5 Å². The van der Waals surface area contributed by atoms with Gasteiger partial charge >= 0.3 is 18.0 Å². The predicted octanol–water partition coefficient (Wildman–Crippen LogP) is 3.49. The zero-order valence-electron chi connectivity index (χ0n) is 15.5. The number of allylic oxidation sites excluding steroid dienone is 1. The second kappa shape index (κ2) is 7.96. The molecule has 0 aromatic heterocycles. The number of amides is 2. The third-order valence-electron chi connectivity index (χ3n) is 4.49. The monoisotopic (exact) mass is 380 g/mol. The van der Waals surface area contributed by atoms with Gasteiger partial charge in [0.2, 0.25) is 0 Å². The molecule has 2 aromatic rings. The molecule has 7 nitrogen and oxygen atoms in total. The zero-order chi connectivity index (χ0) is 20.3. The Morgan fingerprint density at radius 2 is 1.75 bits per heavy atom. The molecule has 1 unspecified atom stereocenters. The quantitative estimate of drug-likeness (QED) is 0.774. The maximum Gasteiger partial charge on any atom is 0.338 e. The molecule has 1 aliphatic rings. The third kappa shape index (κ3) is 3.59. The van der Waals surface area contributed by atoms with Crippen molar-refractivity contribution in [1.82, 2.24) is 5.32 Å². The van der Waals surface area contributed by atoms with E-state index in [0.29, 0.717) is 17.0 Å². The summed E-state index contributed by atoms with van der Waals surface area (Å²) in [4.78, 5) is 37.9. The number of carbonyl (C=O) groups excluding carboxylic acids is 2. The summed E-state index contributed by atoms with van der Waals surface area (Å²) in [5.41, 5.74) is 2.08. The first kappa shape index (κ1) is 19.2. The highest BCUT2D eigenvalue weighted by Gasteiger charge is 2.37. The van der Waals surface area contributed by atoms with Gasteiger partial charge in [-0.05, 0) is 43.7 Å². The van der Waals surface area contributed by atoms with Gasteiger partial charge in [0.1, 0.15) is 0 Å². The number of carboxylic acid groups (broad SMARTS) is 1. The Bertz CT molecular complexity index is 935. The Morgan fingerprint density at radius 3 is 2.32 bits per heavy atom. The van der Waals surface area contributed by atoms with Crippen LogP contribution in [-0.2, 0) is 9.53 Å². The Morgan fingerprint density at radius 1 is 1.11 bits per heavy atom. The van der Waals surface area contributed by atoms with E-state index in [1.54, 1.807) is 13.8 Å². The number of ether oxygens (including phenoxy) is 1. The Balaban J connectivity index is 2.09. The molecular weight excluding hydrogens is 360 g/mol. The number of rotatable bonds is 5. The molecular formula is C21H20N2O5. The van der Waals surface area contributed by atoms with Gasteiger partial charge in [-0.2, -0.15) is 0 Å². The molecule has 0 fully saturated rings. The van der Waals surface area contributed by atoms with Crippen molar-refractivity contribution in [3.8, 4) is 0 Å². The van der Waals surface area contributed by atoms with Gasteiger partial charge in [-0.3, -0.25) is 4.90 Å². The van der Waals surface area contributed by atoms with Gasteiger partial charge in [-0.1, -0.05) is 30.3 Å². The van der Waals surface area contributed by atoms with E-state index in [1.807, 2.05) is 30.3 Å². The van der Waals surface area contributed by atoms with Crippen molar-refractivity contribution in [3.05, 3.63) is 77.0 Å². The van der Waals surface area contributed by atoms with Gasteiger partial charge in [-0.15, -0.1) is 0 Å². The van der Waals surface area contributed by atoms with Crippen LogP contribution in [-0.4, -0.2) is 29.7 Å². The lowest BCUT2D eigenvalue weighted by Crippen LogP contribution is -2.48. The fraction of sp³-hybridized carbons (Fsp3) is 0.190. The summed E-state index contributed by atoms with van der Waals surface area (Å²) in [5.74, 6) is -1.57. The molecule has 0 saturated carbocycles. The molecule has 1 aliphatic heterocycles. The van der Waals surface area contributed by atoms with Crippen LogP contribution in [0.4, 0.5) is 10.5 Å². The number of esters is 1. The van der Waals surface area contributed by atoms with Gasteiger partial charge < -0.3 is 15.2 Å². The highest BCUT2D eigenvalue weighted by Crippen LogP contribution is 2.34. The minimum Gasteiger partial charge on any atom is -0.478 e. The van der Waals surface area contributed by atoms with Crippen LogP contribution in [0.1, 0.15) is 35.8 Å². The average molecular weight is 380 g/mol. The summed E-state index contributed by atoms with van der Waals surface area (Å²) in [7, 11) is 0. The van der Waals surface area contributed by atoms with Crippen LogP contribution in [0, 0.1) is 0 Å². The topological polar surface area (TPSA) is 95.9 Å². The van der Waals surface area contributed by atoms with E-state index in [2.05, 4.69) is 5.32 Å². The van der Waals surface area contributed by atoms with Crippen LogP contribution >= 0.6 is 0 Å². The molecule has 2 N–H and O–H groups in total. The lowest BCUT2D eigenvalue weighted by molar-refractivity contribution is -0.139. The van der Waals surface area contributed by atoms with E-state index in [-0.39, 0.29) is 12.2 Å². The second-order valence-electron chi connectivity index (χ2n) is 6.20. The summed E-state index contributed by atoms with van der Waals surface area (Å²) < 4.78 is 5.22. The Kier molecular flexibility index (Phi) is 5.44. The first-order chi connectivity index (χ1) is 13.4. The predicted molar refractivity (Wildman–Crippen MR) is 103 cm³/mol. The standard InChI is InChI=1S/C21H20N2O5/c1-3-28-20(26)17-13(2)23(16-11-9-15(10-12-16)19(24)25)21(27)22-18(17)14-7-5-4-6-8-14/h4-12,18H,3H2,1-2H3,(H,22,27)(H,24,25). The molecule has 144 valence electrons. The summed E-state index contributed by atoms with van der Waals surface area (Å²) in [6.07, 6.45) is 0. The van der Waals surface area contributed by atoms with E-state index >= 15 is 0 Å². The SMILES string of the molecule is CCOC(=O)C1=C(C)N(c2ccc(C(=O)O)cc2)C(=O)NC1c1ccccc1. The number of hydrogen-bond donors (Lipinski definition) is 2. The van der Waals surface area contributed by atoms with E-state index < -0.39 is 24.0 Å². The zero-order valence-corrected chi connectivity index (χ0v) is 15.5. The molecule has 7 heteroatoms. The van der Waals surface area contributed by atoms with Crippen LogP contribution in [0.3, 0.4) is 0 Å². The van der Waals surface area contributed by atoms with Crippen LogP contribution in [0.15, 0.2) is 65.9 Å². The molecule has 1 heterocycles. The van der Waals surface area contributed by atoms with Crippen molar-refractivity contribution in [1.29, 1.82) is 0 Å². The number of aromatic carboxylic acids is 1. The highest BCUT2D eigenvalue weighted by atomic mass is 16.5.